The van der Waals surface area contributed by atoms with Crippen molar-refractivity contribution in [2.24, 2.45) is 5.84 Å². The van der Waals surface area contributed by atoms with Crippen LogP contribution < -0.4 is 21.9 Å². The number of aromatic nitrogens is 1. The lowest BCUT2D eigenvalue weighted by atomic mass is 10.1. The van der Waals surface area contributed by atoms with Crippen LogP contribution in [-0.4, -0.2) is 29.4 Å². The van der Waals surface area contributed by atoms with Gasteiger partial charge in [-0.15, -0.1) is 0 Å². The van der Waals surface area contributed by atoms with Gasteiger partial charge < -0.3 is 16.1 Å². The summed E-state index contributed by atoms with van der Waals surface area (Å²) in [5, 5.41) is 5.50. The van der Waals surface area contributed by atoms with Crippen LogP contribution in [0.3, 0.4) is 0 Å². The summed E-state index contributed by atoms with van der Waals surface area (Å²) >= 11 is 0. The van der Waals surface area contributed by atoms with Crippen molar-refractivity contribution >= 4 is 17.6 Å². The first kappa shape index (κ1) is 14.3. The standard InChI is InChI=1S/C13H19N5O2/c1-7(2)10-3-8(4-11(17-10)18-14)13(20)16-9-5-12(19)15-6-9/h3-4,7,9H,5-6,14H2,1-2H3,(H,15,19)(H,16,20)(H,17,18). The first-order chi connectivity index (χ1) is 9.49. The van der Waals surface area contributed by atoms with E-state index in [1.54, 1.807) is 12.1 Å². The third kappa shape index (κ3) is 3.24. The highest BCUT2D eigenvalue weighted by Gasteiger charge is 2.23. The molecule has 0 bridgehead atoms. The summed E-state index contributed by atoms with van der Waals surface area (Å²) in [6.45, 7) is 4.45. The molecule has 1 saturated heterocycles. The predicted molar refractivity (Wildman–Crippen MR) is 75.0 cm³/mol. The van der Waals surface area contributed by atoms with E-state index in [2.05, 4.69) is 21.0 Å². The Morgan fingerprint density at radius 3 is 2.80 bits per heavy atom. The number of hydrogen-bond acceptors (Lipinski definition) is 5. The number of pyridine rings is 1. The topological polar surface area (TPSA) is 109 Å². The summed E-state index contributed by atoms with van der Waals surface area (Å²) in [6.07, 6.45) is 0.315. The van der Waals surface area contributed by atoms with Gasteiger partial charge in [0.05, 0.1) is 6.04 Å². The highest BCUT2D eigenvalue weighted by molar-refractivity contribution is 5.95. The molecule has 1 fully saturated rings. The molecule has 0 aliphatic carbocycles. The zero-order valence-electron chi connectivity index (χ0n) is 11.6. The van der Waals surface area contributed by atoms with Crippen molar-refractivity contribution in [2.45, 2.75) is 32.2 Å². The van der Waals surface area contributed by atoms with Gasteiger partial charge in [0.25, 0.3) is 5.91 Å². The lowest BCUT2D eigenvalue weighted by Crippen LogP contribution is -2.36. The fourth-order valence-electron chi connectivity index (χ4n) is 2.03. The molecule has 1 aromatic rings. The Morgan fingerprint density at radius 2 is 2.25 bits per heavy atom. The van der Waals surface area contributed by atoms with Crippen molar-refractivity contribution in [1.29, 1.82) is 0 Å². The van der Waals surface area contributed by atoms with E-state index in [1.165, 1.54) is 0 Å². The number of nitrogens with two attached hydrogens (primary N) is 1. The normalized spacial score (nSPS) is 18.0. The van der Waals surface area contributed by atoms with Gasteiger partial charge in [-0.05, 0) is 18.1 Å². The minimum Gasteiger partial charge on any atom is -0.354 e. The average molecular weight is 277 g/mol. The maximum absolute atomic E-state index is 12.2. The van der Waals surface area contributed by atoms with Crippen molar-refractivity contribution < 1.29 is 9.59 Å². The van der Waals surface area contributed by atoms with E-state index >= 15 is 0 Å². The number of nitrogens with one attached hydrogen (secondary N) is 3. The number of hydrazine groups is 1. The number of carbonyl (C=O) groups excluding carboxylic acids is 2. The Kier molecular flexibility index (Phi) is 4.19. The Morgan fingerprint density at radius 1 is 1.50 bits per heavy atom. The summed E-state index contributed by atoms with van der Waals surface area (Å²) in [7, 11) is 0. The van der Waals surface area contributed by atoms with E-state index < -0.39 is 0 Å². The molecule has 108 valence electrons. The number of hydrogen-bond donors (Lipinski definition) is 4. The van der Waals surface area contributed by atoms with Gasteiger partial charge in [-0.1, -0.05) is 13.8 Å². The molecule has 0 radical (unpaired) electrons. The molecule has 1 aliphatic rings. The number of nitrogens with zero attached hydrogens (tertiary/aromatic N) is 1. The summed E-state index contributed by atoms with van der Waals surface area (Å²) in [5.41, 5.74) is 3.73. The van der Waals surface area contributed by atoms with Crippen LogP contribution in [0.15, 0.2) is 12.1 Å². The van der Waals surface area contributed by atoms with Crippen molar-refractivity contribution in [3.05, 3.63) is 23.4 Å². The number of carbonyl (C=O) groups is 2. The van der Waals surface area contributed by atoms with Crippen LogP contribution >= 0.6 is 0 Å². The smallest absolute Gasteiger partial charge is 0.251 e. The number of anilines is 1. The minimum atomic E-state index is -0.229. The lowest BCUT2D eigenvalue weighted by molar-refractivity contribution is -0.119. The zero-order valence-corrected chi connectivity index (χ0v) is 11.6. The Hall–Kier alpha value is -2.15. The van der Waals surface area contributed by atoms with Crippen LogP contribution in [-0.2, 0) is 4.79 Å². The summed E-state index contributed by atoms with van der Waals surface area (Å²) in [6, 6.07) is 3.16. The number of nitrogen functional groups attached to an aromatic ring is 1. The van der Waals surface area contributed by atoms with E-state index in [9.17, 15) is 9.59 Å². The van der Waals surface area contributed by atoms with Gasteiger partial charge in [0.15, 0.2) is 0 Å². The average Bonchev–Trinajstić information content (AvgIpc) is 2.83. The first-order valence-corrected chi connectivity index (χ1v) is 6.55. The molecular weight excluding hydrogens is 258 g/mol. The van der Waals surface area contributed by atoms with Gasteiger partial charge in [0, 0.05) is 24.2 Å². The Balaban J connectivity index is 2.16. The summed E-state index contributed by atoms with van der Waals surface area (Å²) in [5.74, 6) is 5.73. The van der Waals surface area contributed by atoms with E-state index in [0.29, 0.717) is 24.3 Å². The Bertz CT molecular complexity index is 529. The molecule has 2 heterocycles. The SMILES string of the molecule is CC(C)c1cc(C(=O)NC2CNC(=O)C2)cc(NN)n1. The highest BCUT2D eigenvalue weighted by atomic mass is 16.2. The third-order valence-electron chi connectivity index (χ3n) is 3.16. The molecule has 7 heteroatoms. The van der Waals surface area contributed by atoms with Crippen LogP contribution in [0.5, 0.6) is 0 Å². The molecule has 1 aliphatic heterocycles. The van der Waals surface area contributed by atoms with E-state index in [-0.39, 0.29) is 23.8 Å². The molecule has 20 heavy (non-hydrogen) atoms. The molecule has 7 nitrogen and oxygen atoms in total. The predicted octanol–water partition coefficient (Wildman–Crippen LogP) is 0.109. The van der Waals surface area contributed by atoms with E-state index in [0.717, 1.165) is 5.69 Å². The quantitative estimate of drug-likeness (QED) is 0.461. The fourth-order valence-corrected chi connectivity index (χ4v) is 2.03. The summed E-state index contributed by atoms with van der Waals surface area (Å²) in [4.78, 5) is 27.6. The second-order valence-corrected chi connectivity index (χ2v) is 5.14. The van der Waals surface area contributed by atoms with E-state index in [4.69, 9.17) is 5.84 Å². The molecular formula is C13H19N5O2. The molecule has 2 rings (SSSR count). The molecule has 1 atom stereocenters. The van der Waals surface area contributed by atoms with Crippen LogP contribution in [0.4, 0.5) is 5.82 Å². The fraction of sp³-hybridized carbons (Fsp3) is 0.462. The molecule has 0 saturated carbocycles. The highest BCUT2D eigenvalue weighted by Crippen LogP contribution is 2.17. The second kappa shape index (κ2) is 5.87. The largest absolute Gasteiger partial charge is 0.354 e. The molecule has 0 aromatic carbocycles. The van der Waals surface area contributed by atoms with Gasteiger partial charge in [-0.3, -0.25) is 9.59 Å². The van der Waals surface area contributed by atoms with Gasteiger partial charge in [-0.25, -0.2) is 10.8 Å². The lowest BCUT2D eigenvalue weighted by Gasteiger charge is -2.13. The monoisotopic (exact) mass is 277 g/mol. The number of rotatable bonds is 4. The molecule has 1 unspecified atom stereocenters. The maximum Gasteiger partial charge on any atom is 0.251 e. The maximum atomic E-state index is 12.2. The van der Waals surface area contributed by atoms with Crippen molar-refractivity contribution in [1.82, 2.24) is 15.6 Å². The van der Waals surface area contributed by atoms with Crippen molar-refractivity contribution in [2.75, 3.05) is 12.0 Å². The van der Waals surface area contributed by atoms with Crippen LogP contribution in [0.2, 0.25) is 0 Å². The second-order valence-electron chi connectivity index (χ2n) is 5.14. The Labute approximate surface area is 117 Å². The zero-order chi connectivity index (χ0) is 14.7. The number of amides is 2. The van der Waals surface area contributed by atoms with Gasteiger partial charge in [-0.2, -0.15) is 0 Å². The van der Waals surface area contributed by atoms with Crippen LogP contribution in [0, 0.1) is 0 Å². The molecule has 2 amide bonds. The molecule has 0 spiro atoms. The third-order valence-corrected chi connectivity index (χ3v) is 3.16. The van der Waals surface area contributed by atoms with Crippen LogP contribution in [0.25, 0.3) is 0 Å². The van der Waals surface area contributed by atoms with Crippen molar-refractivity contribution in [3.8, 4) is 0 Å². The van der Waals surface area contributed by atoms with Gasteiger partial charge in [0.1, 0.15) is 5.82 Å². The van der Waals surface area contributed by atoms with Crippen LogP contribution in [0.1, 0.15) is 42.2 Å². The first-order valence-electron chi connectivity index (χ1n) is 6.55. The molecule has 1 aromatic heterocycles. The summed E-state index contributed by atoms with van der Waals surface area (Å²) < 4.78 is 0. The van der Waals surface area contributed by atoms with Gasteiger partial charge >= 0.3 is 0 Å². The van der Waals surface area contributed by atoms with Gasteiger partial charge in [0.2, 0.25) is 5.91 Å². The molecule has 5 N–H and O–H groups in total. The van der Waals surface area contributed by atoms with E-state index in [1.807, 2.05) is 13.8 Å². The van der Waals surface area contributed by atoms with Crippen molar-refractivity contribution in [3.63, 3.8) is 0 Å². The minimum absolute atomic E-state index is 0.0442.